The van der Waals surface area contributed by atoms with Gasteiger partial charge in [-0.3, -0.25) is 4.79 Å². The van der Waals surface area contributed by atoms with Crippen LogP contribution in [0.5, 0.6) is 0 Å². The molecule has 0 spiro atoms. The number of sulfone groups is 1. The monoisotopic (exact) mass is 316 g/mol. The maximum Gasteiger partial charge on any atom is 0.246 e. The zero-order chi connectivity index (χ0) is 16.5. The van der Waals surface area contributed by atoms with Gasteiger partial charge < -0.3 is 9.84 Å². The Labute approximate surface area is 126 Å². The molecule has 7 heteroatoms. The highest BCUT2D eigenvalue weighted by molar-refractivity contribution is 7.93. The standard InChI is InChI=1S/C14H24N2O4S/c1-7-8-21(18,19)14(5,6)12(17)15-11-9-10(20-16-11)13(2,3)4/h9H,7-8H2,1-6H3,(H,15,16,17). The quantitative estimate of drug-likeness (QED) is 0.901. The van der Waals surface area contributed by atoms with Gasteiger partial charge >= 0.3 is 0 Å². The highest BCUT2D eigenvalue weighted by Gasteiger charge is 2.41. The van der Waals surface area contributed by atoms with Crippen molar-refractivity contribution in [3.63, 3.8) is 0 Å². The Morgan fingerprint density at radius 1 is 1.29 bits per heavy atom. The molecule has 1 amide bonds. The van der Waals surface area contributed by atoms with Gasteiger partial charge in [-0.15, -0.1) is 0 Å². The van der Waals surface area contributed by atoms with Crippen LogP contribution in [0.25, 0.3) is 0 Å². The number of amides is 1. The van der Waals surface area contributed by atoms with Crippen LogP contribution in [0.2, 0.25) is 0 Å². The second-order valence-electron chi connectivity index (χ2n) is 6.61. The second kappa shape index (κ2) is 5.79. The minimum atomic E-state index is -3.52. The molecule has 1 aromatic rings. The van der Waals surface area contributed by atoms with Crippen molar-refractivity contribution < 1.29 is 17.7 Å². The zero-order valence-electron chi connectivity index (χ0n) is 13.5. The molecular formula is C14H24N2O4S. The average Bonchev–Trinajstić information content (AvgIpc) is 2.76. The maximum absolute atomic E-state index is 12.2. The molecule has 0 radical (unpaired) electrons. The van der Waals surface area contributed by atoms with Crippen LogP contribution >= 0.6 is 0 Å². The molecule has 0 fully saturated rings. The third-order valence-electron chi connectivity index (χ3n) is 3.29. The molecule has 0 aromatic carbocycles. The van der Waals surface area contributed by atoms with Crippen molar-refractivity contribution in [2.24, 2.45) is 0 Å². The number of aromatic nitrogens is 1. The van der Waals surface area contributed by atoms with Gasteiger partial charge in [-0.2, -0.15) is 0 Å². The van der Waals surface area contributed by atoms with E-state index in [1.807, 2.05) is 20.8 Å². The van der Waals surface area contributed by atoms with Gasteiger partial charge in [0.15, 0.2) is 15.7 Å². The van der Waals surface area contributed by atoms with Crippen LogP contribution in [-0.2, 0) is 20.0 Å². The van der Waals surface area contributed by atoms with Crippen molar-refractivity contribution in [2.45, 2.75) is 58.1 Å². The molecule has 0 saturated carbocycles. The van der Waals surface area contributed by atoms with Crippen LogP contribution in [0.1, 0.15) is 53.7 Å². The number of carbonyl (C=O) groups excluding carboxylic acids is 1. The molecule has 0 unspecified atom stereocenters. The normalized spacial score (nSPS) is 13.2. The van der Waals surface area contributed by atoms with Crippen molar-refractivity contribution in [3.8, 4) is 0 Å². The van der Waals surface area contributed by atoms with E-state index in [1.54, 1.807) is 13.0 Å². The molecule has 0 aliphatic rings. The molecule has 120 valence electrons. The van der Waals surface area contributed by atoms with E-state index in [0.29, 0.717) is 12.2 Å². The summed E-state index contributed by atoms with van der Waals surface area (Å²) in [6.07, 6.45) is 0.469. The number of nitrogens with one attached hydrogen (secondary N) is 1. The molecule has 1 rings (SSSR count). The summed E-state index contributed by atoms with van der Waals surface area (Å²) in [5.41, 5.74) is -0.236. The topological polar surface area (TPSA) is 89.3 Å². The fourth-order valence-electron chi connectivity index (χ4n) is 1.62. The van der Waals surface area contributed by atoms with Gasteiger partial charge in [-0.05, 0) is 20.3 Å². The number of anilines is 1. The lowest BCUT2D eigenvalue weighted by molar-refractivity contribution is -0.117. The lowest BCUT2D eigenvalue weighted by Gasteiger charge is -2.22. The summed E-state index contributed by atoms with van der Waals surface area (Å²) in [4.78, 5) is 12.2. The summed E-state index contributed by atoms with van der Waals surface area (Å²) in [6.45, 7) is 10.4. The lowest BCUT2D eigenvalue weighted by atomic mass is 9.93. The summed E-state index contributed by atoms with van der Waals surface area (Å²) in [5.74, 6) is 0.209. The van der Waals surface area contributed by atoms with E-state index in [1.165, 1.54) is 13.8 Å². The summed E-state index contributed by atoms with van der Waals surface area (Å²) in [7, 11) is -3.52. The largest absolute Gasteiger partial charge is 0.359 e. The van der Waals surface area contributed by atoms with E-state index >= 15 is 0 Å². The van der Waals surface area contributed by atoms with E-state index in [2.05, 4.69) is 10.5 Å². The van der Waals surface area contributed by atoms with Gasteiger partial charge in [0, 0.05) is 11.5 Å². The fourth-order valence-corrected chi connectivity index (χ4v) is 3.00. The predicted octanol–water partition coefficient (Wildman–Crippen LogP) is 2.51. The van der Waals surface area contributed by atoms with Crippen molar-refractivity contribution in [1.29, 1.82) is 0 Å². The lowest BCUT2D eigenvalue weighted by Crippen LogP contribution is -2.45. The highest BCUT2D eigenvalue weighted by Crippen LogP contribution is 2.26. The third-order valence-corrected chi connectivity index (χ3v) is 5.97. The van der Waals surface area contributed by atoms with Crippen molar-refractivity contribution in [1.82, 2.24) is 5.16 Å². The fraction of sp³-hybridized carbons (Fsp3) is 0.714. The van der Waals surface area contributed by atoms with Gasteiger partial charge in [-0.1, -0.05) is 32.9 Å². The van der Waals surface area contributed by atoms with Crippen molar-refractivity contribution in [2.75, 3.05) is 11.1 Å². The van der Waals surface area contributed by atoms with Gasteiger partial charge in [0.25, 0.3) is 0 Å². The van der Waals surface area contributed by atoms with Crippen LogP contribution in [0.3, 0.4) is 0 Å². The molecular weight excluding hydrogens is 292 g/mol. The van der Waals surface area contributed by atoms with E-state index in [0.717, 1.165) is 0 Å². The first-order chi connectivity index (χ1) is 9.41. The average molecular weight is 316 g/mol. The summed E-state index contributed by atoms with van der Waals surface area (Å²) >= 11 is 0. The van der Waals surface area contributed by atoms with Gasteiger partial charge in [0.1, 0.15) is 10.5 Å². The van der Waals surface area contributed by atoms with E-state index < -0.39 is 20.5 Å². The Morgan fingerprint density at radius 2 is 1.86 bits per heavy atom. The molecule has 0 saturated heterocycles. The Balaban J connectivity index is 2.93. The molecule has 1 aromatic heterocycles. The first-order valence-corrected chi connectivity index (χ1v) is 8.58. The highest BCUT2D eigenvalue weighted by atomic mass is 32.2. The number of carbonyl (C=O) groups is 1. The predicted molar refractivity (Wildman–Crippen MR) is 82.0 cm³/mol. The summed E-state index contributed by atoms with van der Waals surface area (Å²) in [5, 5.41) is 6.28. The number of hydrogen-bond donors (Lipinski definition) is 1. The van der Waals surface area contributed by atoms with Crippen molar-refractivity contribution in [3.05, 3.63) is 11.8 Å². The van der Waals surface area contributed by atoms with Crippen LogP contribution in [-0.4, -0.2) is 30.0 Å². The Bertz CT molecular complexity index is 609. The minimum absolute atomic E-state index is 0.0283. The van der Waals surface area contributed by atoms with Gasteiger partial charge in [0.2, 0.25) is 5.91 Å². The van der Waals surface area contributed by atoms with Crippen LogP contribution in [0.4, 0.5) is 5.82 Å². The molecule has 1 heterocycles. The van der Waals surface area contributed by atoms with Crippen LogP contribution in [0, 0.1) is 0 Å². The molecule has 1 N–H and O–H groups in total. The van der Waals surface area contributed by atoms with E-state index in [-0.39, 0.29) is 17.0 Å². The van der Waals surface area contributed by atoms with E-state index in [4.69, 9.17) is 4.52 Å². The minimum Gasteiger partial charge on any atom is -0.359 e. The van der Waals surface area contributed by atoms with Crippen LogP contribution in [0.15, 0.2) is 10.6 Å². The summed E-state index contributed by atoms with van der Waals surface area (Å²) < 4.78 is 27.9. The second-order valence-corrected chi connectivity index (χ2v) is 9.27. The molecule has 0 aliphatic heterocycles. The maximum atomic E-state index is 12.2. The Hall–Kier alpha value is -1.37. The van der Waals surface area contributed by atoms with E-state index in [9.17, 15) is 13.2 Å². The Morgan fingerprint density at radius 3 is 2.29 bits per heavy atom. The SMILES string of the molecule is CCCS(=O)(=O)C(C)(C)C(=O)Nc1cc(C(C)(C)C)on1. The number of hydrogen-bond acceptors (Lipinski definition) is 5. The molecule has 21 heavy (non-hydrogen) atoms. The zero-order valence-corrected chi connectivity index (χ0v) is 14.3. The number of rotatable bonds is 5. The van der Waals surface area contributed by atoms with Crippen molar-refractivity contribution >= 4 is 21.6 Å². The molecule has 6 nitrogen and oxygen atoms in total. The molecule has 0 atom stereocenters. The first-order valence-electron chi connectivity index (χ1n) is 6.93. The Kier molecular flexibility index (Phi) is 4.87. The molecule has 0 bridgehead atoms. The first kappa shape index (κ1) is 17.7. The number of nitrogens with zero attached hydrogens (tertiary/aromatic N) is 1. The van der Waals surface area contributed by atoms with Crippen LogP contribution < -0.4 is 5.32 Å². The smallest absolute Gasteiger partial charge is 0.246 e. The van der Waals surface area contributed by atoms with Gasteiger partial charge in [0.05, 0.1) is 5.75 Å². The molecule has 0 aliphatic carbocycles. The van der Waals surface area contributed by atoms with Gasteiger partial charge in [-0.25, -0.2) is 8.42 Å². The third kappa shape index (κ3) is 3.84. The summed E-state index contributed by atoms with van der Waals surface area (Å²) in [6, 6.07) is 1.61.